The molecule has 0 spiro atoms. The Morgan fingerprint density at radius 3 is 2.50 bits per heavy atom. The van der Waals surface area contributed by atoms with Crippen molar-refractivity contribution >= 4 is 11.0 Å². The summed E-state index contributed by atoms with van der Waals surface area (Å²) in [7, 11) is 0. The number of nitrogens with zero attached hydrogens (tertiary/aromatic N) is 2. The average Bonchev–Trinajstić information content (AvgIpc) is 2.67. The minimum Gasteiger partial charge on any atom is -0.328 e. The fourth-order valence-corrected chi connectivity index (χ4v) is 2.54. The molecule has 0 fully saturated rings. The van der Waals surface area contributed by atoms with Crippen LogP contribution >= 0.6 is 0 Å². The molecular formula is C15H23N3. The van der Waals surface area contributed by atoms with Gasteiger partial charge in [-0.2, -0.15) is 0 Å². The molecule has 1 heterocycles. The molecule has 2 rings (SSSR count). The predicted octanol–water partition coefficient (Wildman–Crippen LogP) is 3.14. The van der Waals surface area contributed by atoms with Crippen LogP contribution in [0.3, 0.4) is 0 Å². The molecule has 0 aliphatic heterocycles. The summed E-state index contributed by atoms with van der Waals surface area (Å²) in [5.74, 6) is 1.13. The molecule has 1 atom stereocenters. The van der Waals surface area contributed by atoms with E-state index in [9.17, 15) is 0 Å². The van der Waals surface area contributed by atoms with Gasteiger partial charge >= 0.3 is 0 Å². The molecule has 0 amide bonds. The fraction of sp³-hybridized carbons (Fsp3) is 0.533. The zero-order valence-electron chi connectivity index (χ0n) is 11.8. The first-order valence-corrected chi connectivity index (χ1v) is 6.65. The van der Waals surface area contributed by atoms with Gasteiger partial charge in [-0.3, -0.25) is 0 Å². The predicted molar refractivity (Wildman–Crippen MR) is 76.7 cm³/mol. The van der Waals surface area contributed by atoms with Gasteiger partial charge in [0.1, 0.15) is 5.82 Å². The topological polar surface area (TPSA) is 43.8 Å². The normalized spacial score (nSPS) is 14.1. The highest BCUT2D eigenvalue weighted by molar-refractivity contribution is 5.76. The van der Waals surface area contributed by atoms with Gasteiger partial charge in [0.15, 0.2) is 0 Å². The first kappa shape index (κ1) is 13.1. The van der Waals surface area contributed by atoms with E-state index in [2.05, 4.69) is 50.5 Å². The molecule has 18 heavy (non-hydrogen) atoms. The van der Waals surface area contributed by atoms with Crippen LogP contribution in [0.5, 0.6) is 0 Å². The molecule has 1 unspecified atom stereocenters. The van der Waals surface area contributed by atoms with Crippen molar-refractivity contribution in [2.24, 2.45) is 11.1 Å². The summed E-state index contributed by atoms with van der Waals surface area (Å²) < 4.78 is 2.33. The van der Waals surface area contributed by atoms with Crippen molar-refractivity contribution in [2.45, 2.75) is 40.2 Å². The van der Waals surface area contributed by atoms with Crippen molar-refractivity contribution in [3.05, 3.63) is 30.1 Å². The van der Waals surface area contributed by atoms with Crippen molar-refractivity contribution in [1.29, 1.82) is 0 Å². The lowest BCUT2D eigenvalue weighted by Gasteiger charge is -2.32. The van der Waals surface area contributed by atoms with Crippen LogP contribution in [0.15, 0.2) is 24.3 Å². The van der Waals surface area contributed by atoms with E-state index in [1.54, 1.807) is 0 Å². The molecule has 0 bridgehead atoms. The van der Waals surface area contributed by atoms with E-state index in [1.807, 2.05) is 6.07 Å². The molecule has 1 aromatic carbocycles. The number of hydrogen-bond donors (Lipinski definition) is 1. The van der Waals surface area contributed by atoms with Crippen LogP contribution in [0.2, 0.25) is 0 Å². The molecule has 0 saturated heterocycles. The standard InChI is InChI=1S/C15H23N3/c1-5-14-17-11-8-6-7-9-12(11)18(14)13(10-16)15(2,3)4/h6-9,13H,5,10,16H2,1-4H3. The first-order chi connectivity index (χ1) is 8.49. The lowest BCUT2D eigenvalue weighted by Crippen LogP contribution is -2.32. The van der Waals surface area contributed by atoms with Crippen molar-refractivity contribution in [3.63, 3.8) is 0 Å². The minimum absolute atomic E-state index is 0.127. The van der Waals surface area contributed by atoms with Gasteiger partial charge in [0, 0.05) is 13.0 Å². The lowest BCUT2D eigenvalue weighted by molar-refractivity contribution is 0.249. The third-order valence-electron chi connectivity index (χ3n) is 3.52. The van der Waals surface area contributed by atoms with Crippen LogP contribution in [0.1, 0.15) is 39.6 Å². The maximum atomic E-state index is 6.02. The maximum absolute atomic E-state index is 6.02. The highest BCUT2D eigenvalue weighted by Gasteiger charge is 2.28. The molecule has 0 radical (unpaired) electrons. The van der Waals surface area contributed by atoms with E-state index in [0.717, 1.165) is 17.8 Å². The molecule has 1 aromatic heterocycles. The monoisotopic (exact) mass is 245 g/mol. The molecule has 2 aromatic rings. The highest BCUT2D eigenvalue weighted by atomic mass is 15.1. The number of para-hydroxylation sites is 2. The van der Waals surface area contributed by atoms with Gasteiger partial charge in [0.25, 0.3) is 0 Å². The van der Waals surface area contributed by atoms with Crippen LogP contribution in [-0.4, -0.2) is 16.1 Å². The number of imidazole rings is 1. The summed E-state index contributed by atoms with van der Waals surface area (Å²) >= 11 is 0. The number of aromatic nitrogens is 2. The van der Waals surface area contributed by atoms with Crippen molar-refractivity contribution in [2.75, 3.05) is 6.54 Å². The van der Waals surface area contributed by atoms with E-state index in [-0.39, 0.29) is 11.5 Å². The van der Waals surface area contributed by atoms with E-state index < -0.39 is 0 Å². The lowest BCUT2D eigenvalue weighted by atomic mass is 9.86. The third-order valence-corrected chi connectivity index (χ3v) is 3.52. The second-order valence-corrected chi connectivity index (χ2v) is 5.86. The number of nitrogens with two attached hydrogens (primary N) is 1. The Kier molecular flexibility index (Phi) is 3.44. The van der Waals surface area contributed by atoms with Crippen LogP contribution in [0.25, 0.3) is 11.0 Å². The van der Waals surface area contributed by atoms with E-state index in [0.29, 0.717) is 6.54 Å². The van der Waals surface area contributed by atoms with Gasteiger partial charge in [-0.25, -0.2) is 4.98 Å². The van der Waals surface area contributed by atoms with Gasteiger partial charge in [-0.15, -0.1) is 0 Å². The van der Waals surface area contributed by atoms with Gasteiger partial charge in [-0.1, -0.05) is 39.8 Å². The Balaban J connectivity index is 2.67. The first-order valence-electron chi connectivity index (χ1n) is 6.65. The highest BCUT2D eigenvalue weighted by Crippen LogP contribution is 2.33. The van der Waals surface area contributed by atoms with Gasteiger partial charge in [-0.05, 0) is 17.5 Å². The van der Waals surface area contributed by atoms with Crippen molar-refractivity contribution in [3.8, 4) is 0 Å². The Labute approximate surface area is 109 Å². The van der Waals surface area contributed by atoms with E-state index in [1.165, 1.54) is 5.52 Å². The smallest absolute Gasteiger partial charge is 0.109 e. The molecule has 3 nitrogen and oxygen atoms in total. The number of fused-ring (bicyclic) bond motifs is 1. The summed E-state index contributed by atoms with van der Waals surface area (Å²) in [6.45, 7) is 9.49. The Bertz CT molecular complexity index is 534. The van der Waals surface area contributed by atoms with Crippen molar-refractivity contribution in [1.82, 2.24) is 9.55 Å². The molecule has 0 aliphatic rings. The number of rotatable bonds is 3. The Hall–Kier alpha value is -1.35. The largest absolute Gasteiger partial charge is 0.328 e. The maximum Gasteiger partial charge on any atom is 0.109 e. The summed E-state index contributed by atoms with van der Waals surface area (Å²) in [6.07, 6.45) is 0.932. The molecule has 2 N–H and O–H groups in total. The molecule has 0 aliphatic carbocycles. The zero-order valence-corrected chi connectivity index (χ0v) is 11.8. The second-order valence-electron chi connectivity index (χ2n) is 5.86. The molecule has 3 heteroatoms. The van der Waals surface area contributed by atoms with Crippen LogP contribution in [0, 0.1) is 5.41 Å². The van der Waals surface area contributed by atoms with Crippen LogP contribution in [-0.2, 0) is 6.42 Å². The summed E-state index contributed by atoms with van der Waals surface area (Å²) in [5.41, 5.74) is 8.40. The van der Waals surface area contributed by atoms with E-state index >= 15 is 0 Å². The van der Waals surface area contributed by atoms with Crippen LogP contribution < -0.4 is 5.73 Å². The summed E-state index contributed by atoms with van der Waals surface area (Å²) in [4.78, 5) is 4.72. The van der Waals surface area contributed by atoms with E-state index in [4.69, 9.17) is 10.7 Å². The third kappa shape index (κ3) is 2.15. The van der Waals surface area contributed by atoms with Gasteiger partial charge in [0.05, 0.1) is 17.1 Å². The Morgan fingerprint density at radius 2 is 1.94 bits per heavy atom. The fourth-order valence-electron chi connectivity index (χ4n) is 2.54. The van der Waals surface area contributed by atoms with Gasteiger partial charge in [0.2, 0.25) is 0 Å². The number of hydrogen-bond acceptors (Lipinski definition) is 2. The Morgan fingerprint density at radius 1 is 1.28 bits per heavy atom. The van der Waals surface area contributed by atoms with Crippen molar-refractivity contribution < 1.29 is 0 Å². The molecule has 98 valence electrons. The number of benzene rings is 1. The summed E-state index contributed by atoms with van der Waals surface area (Å²) in [6, 6.07) is 8.58. The van der Waals surface area contributed by atoms with Crippen LogP contribution in [0.4, 0.5) is 0 Å². The molecule has 0 saturated carbocycles. The summed E-state index contributed by atoms with van der Waals surface area (Å²) in [5, 5.41) is 0. The minimum atomic E-state index is 0.127. The van der Waals surface area contributed by atoms with Gasteiger partial charge < -0.3 is 10.3 Å². The average molecular weight is 245 g/mol. The SMILES string of the molecule is CCc1nc2ccccc2n1C(CN)C(C)(C)C. The quantitative estimate of drug-likeness (QED) is 0.902. The second kappa shape index (κ2) is 4.73. The zero-order chi connectivity index (χ0) is 13.3. The molecular weight excluding hydrogens is 222 g/mol. The number of aryl methyl sites for hydroxylation is 1.